The minimum absolute atomic E-state index is 0.847. The van der Waals surface area contributed by atoms with Crippen molar-refractivity contribution in [3.63, 3.8) is 0 Å². The normalized spacial score (nSPS) is 11.2. The molecule has 1 N–H and O–H groups in total. The Morgan fingerprint density at radius 1 is 1.08 bits per heavy atom. The van der Waals surface area contributed by atoms with Gasteiger partial charge in [0.15, 0.2) is 0 Å². The van der Waals surface area contributed by atoms with E-state index in [0.717, 1.165) is 45.7 Å². The minimum Gasteiger partial charge on any atom is -0.361 e. The van der Waals surface area contributed by atoms with Gasteiger partial charge in [-0.2, -0.15) is 5.10 Å². The molecule has 2 aromatic heterocycles. The minimum atomic E-state index is 0.847. The highest BCUT2D eigenvalue weighted by atomic mass is 16.5. The zero-order valence-corrected chi connectivity index (χ0v) is 15.5. The third-order valence-corrected chi connectivity index (χ3v) is 4.88. The second-order valence-corrected chi connectivity index (χ2v) is 6.59. The Kier molecular flexibility index (Phi) is 3.99. The second kappa shape index (κ2) is 6.33. The molecule has 0 saturated heterocycles. The summed E-state index contributed by atoms with van der Waals surface area (Å²) in [6.45, 7) is 9.11. The summed E-state index contributed by atoms with van der Waals surface area (Å²) in [6.07, 6.45) is 1.85. The van der Waals surface area contributed by atoms with E-state index in [1.165, 1.54) is 11.3 Å². The van der Waals surface area contributed by atoms with Crippen LogP contribution in [0.15, 0.2) is 47.1 Å². The van der Waals surface area contributed by atoms with E-state index in [2.05, 4.69) is 70.5 Å². The van der Waals surface area contributed by atoms with Gasteiger partial charge >= 0.3 is 0 Å². The molecule has 132 valence electrons. The maximum atomic E-state index is 5.36. The molecule has 4 aromatic rings. The summed E-state index contributed by atoms with van der Waals surface area (Å²) in [5.41, 5.74) is 7.72. The molecular weight excluding hydrogens is 324 g/mol. The van der Waals surface area contributed by atoms with Crippen LogP contribution in [0.25, 0.3) is 22.0 Å². The third-order valence-electron chi connectivity index (χ3n) is 4.88. The zero-order valence-electron chi connectivity index (χ0n) is 15.5. The Labute approximate surface area is 152 Å². The first-order valence-electron chi connectivity index (χ1n) is 8.83. The first kappa shape index (κ1) is 16.4. The molecule has 2 aromatic carbocycles. The fourth-order valence-electron chi connectivity index (χ4n) is 3.54. The smallest absolute Gasteiger partial charge is 0.141 e. The van der Waals surface area contributed by atoms with Crippen molar-refractivity contribution in [1.29, 1.82) is 0 Å². The summed E-state index contributed by atoms with van der Waals surface area (Å²) in [5.74, 6) is 0.847. The molecule has 4 rings (SSSR count). The molecule has 26 heavy (non-hydrogen) atoms. The predicted octanol–water partition coefficient (Wildman–Crippen LogP) is 5.30. The Bertz CT molecular complexity index is 1060. The summed E-state index contributed by atoms with van der Waals surface area (Å²) >= 11 is 0. The molecule has 2 heterocycles. The van der Waals surface area contributed by atoms with Gasteiger partial charge in [-0.05, 0) is 63.1 Å². The molecule has 0 spiro atoms. The predicted molar refractivity (Wildman–Crippen MR) is 105 cm³/mol. The summed E-state index contributed by atoms with van der Waals surface area (Å²) in [7, 11) is 0. The van der Waals surface area contributed by atoms with Crippen LogP contribution < -0.4 is 4.90 Å². The number of fused-ring (bicyclic) bond motifs is 1. The van der Waals surface area contributed by atoms with Gasteiger partial charge in [0.1, 0.15) is 5.76 Å². The van der Waals surface area contributed by atoms with Crippen LogP contribution >= 0.6 is 0 Å². The first-order valence-corrected chi connectivity index (χ1v) is 8.83. The van der Waals surface area contributed by atoms with Crippen LogP contribution in [0.4, 0.5) is 11.4 Å². The molecule has 0 bridgehead atoms. The van der Waals surface area contributed by atoms with E-state index < -0.39 is 0 Å². The molecule has 0 aliphatic rings. The van der Waals surface area contributed by atoms with Gasteiger partial charge < -0.3 is 9.42 Å². The van der Waals surface area contributed by atoms with Gasteiger partial charge in [0.05, 0.1) is 17.4 Å². The first-order chi connectivity index (χ1) is 12.6. The van der Waals surface area contributed by atoms with E-state index in [4.69, 9.17) is 4.52 Å². The molecule has 0 unspecified atom stereocenters. The van der Waals surface area contributed by atoms with Crippen LogP contribution in [-0.4, -0.2) is 21.9 Å². The van der Waals surface area contributed by atoms with Gasteiger partial charge in [-0.3, -0.25) is 5.10 Å². The van der Waals surface area contributed by atoms with Crippen molar-refractivity contribution in [1.82, 2.24) is 15.4 Å². The molecule has 0 radical (unpaired) electrons. The van der Waals surface area contributed by atoms with Crippen molar-refractivity contribution in [2.45, 2.75) is 27.7 Å². The number of nitrogens with one attached hydrogen (secondary N) is 1. The van der Waals surface area contributed by atoms with Crippen LogP contribution in [0.1, 0.15) is 23.9 Å². The van der Waals surface area contributed by atoms with Gasteiger partial charge in [0.2, 0.25) is 0 Å². The highest BCUT2D eigenvalue weighted by molar-refractivity contribution is 5.84. The third kappa shape index (κ3) is 2.65. The van der Waals surface area contributed by atoms with E-state index in [1.54, 1.807) is 0 Å². The Morgan fingerprint density at radius 3 is 2.65 bits per heavy atom. The van der Waals surface area contributed by atoms with Crippen LogP contribution in [0.2, 0.25) is 0 Å². The van der Waals surface area contributed by atoms with Gasteiger partial charge in [-0.1, -0.05) is 17.3 Å². The molecule has 5 nitrogen and oxygen atoms in total. The van der Waals surface area contributed by atoms with Crippen LogP contribution in [-0.2, 0) is 0 Å². The number of anilines is 2. The fraction of sp³-hybridized carbons (Fsp3) is 0.238. The monoisotopic (exact) mass is 346 g/mol. The lowest BCUT2D eigenvalue weighted by Gasteiger charge is -2.26. The lowest BCUT2D eigenvalue weighted by atomic mass is 10.0. The molecule has 5 heteroatoms. The fourth-order valence-corrected chi connectivity index (χ4v) is 3.54. The number of aromatic amines is 1. The maximum absolute atomic E-state index is 5.36. The SMILES string of the molecule is CCN(c1ccc2cn[nH]c2c1)c1cc(-c2c(C)noc2C)ccc1C. The van der Waals surface area contributed by atoms with E-state index in [9.17, 15) is 0 Å². The molecule has 0 aliphatic carbocycles. The van der Waals surface area contributed by atoms with E-state index in [1.807, 2.05) is 20.0 Å². The largest absolute Gasteiger partial charge is 0.361 e. The van der Waals surface area contributed by atoms with Crippen LogP contribution in [0.5, 0.6) is 0 Å². The number of aryl methyl sites for hydroxylation is 3. The van der Waals surface area contributed by atoms with Crippen LogP contribution in [0, 0.1) is 20.8 Å². The standard InChI is InChI=1S/C21H22N4O/c1-5-25(18-9-8-17-12-22-23-19(17)11-18)20-10-16(7-6-13(20)2)21-14(3)24-26-15(21)4/h6-12H,5H2,1-4H3,(H,22,23). The number of rotatable bonds is 4. The summed E-state index contributed by atoms with van der Waals surface area (Å²) in [5, 5.41) is 12.4. The molecule has 0 saturated carbocycles. The lowest BCUT2D eigenvalue weighted by Crippen LogP contribution is -2.17. The molecular formula is C21H22N4O. The van der Waals surface area contributed by atoms with Crippen LogP contribution in [0.3, 0.4) is 0 Å². The Balaban J connectivity index is 1.83. The Morgan fingerprint density at radius 2 is 1.92 bits per heavy atom. The maximum Gasteiger partial charge on any atom is 0.141 e. The number of hydrogen-bond acceptors (Lipinski definition) is 4. The topological polar surface area (TPSA) is 58.0 Å². The number of nitrogens with zero attached hydrogens (tertiary/aromatic N) is 3. The van der Waals surface area contributed by atoms with Crippen molar-refractivity contribution in [3.05, 3.63) is 59.6 Å². The van der Waals surface area contributed by atoms with Gasteiger partial charge in [-0.15, -0.1) is 0 Å². The lowest BCUT2D eigenvalue weighted by molar-refractivity contribution is 0.393. The van der Waals surface area contributed by atoms with E-state index >= 15 is 0 Å². The van der Waals surface area contributed by atoms with E-state index in [0.29, 0.717) is 0 Å². The van der Waals surface area contributed by atoms with Crippen molar-refractivity contribution in [3.8, 4) is 11.1 Å². The number of hydrogen-bond donors (Lipinski definition) is 1. The average molecular weight is 346 g/mol. The summed E-state index contributed by atoms with van der Waals surface area (Å²) in [6, 6.07) is 12.9. The average Bonchev–Trinajstić information content (AvgIpc) is 3.23. The zero-order chi connectivity index (χ0) is 18.3. The molecule has 0 aliphatic heterocycles. The van der Waals surface area contributed by atoms with Crippen molar-refractivity contribution < 1.29 is 4.52 Å². The summed E-state index contributed by atoms with van der Waals surface area (Å²) < 4.78 is 5.36. The van der Waals surface area contributed by atoms with E-state index in [-0.39, 0.29) is 0 Å². The molecule has 0 fully saturated rings. The number of benzene rings is 2. The second-order valence-electron chi connectivity index (χ2n) is 6.59. The summed E-state index contributed by atoms with van der Waals surface area (Å²) in [4.78, 5) is 2.32. The van der Waals surface area contributed by atoms with Gasteiger partial charge in [-0.25, -0.2) is 0 Å². The molecule has 0 amide bonds. The number of aromatic nitrogens is 3. The van der Waals surface area contributed by atoms with Gasteiger partial charge in [0.25, 0.3) is 0 Å². The number of H-pyrrole nitrogens is 1. The quantitative estimate of drug-likeness (QED) is 0.545. The Hall–Kier alpha value is -3.08. The molecule has 0 atom stereocenters. The van der Waals surface area contributed by atoms with Crippen molar-refractivity contribution in [2.24, 2.45) is 0 Å². The highest BCUT2D eigenvalue weighted by Gasteiger charge is 2.16. The van der Waals surface area contributed by atoms with Crippen molar-refractivity contribution >= 4 is 22.3 Å². The van der Waals surface area contributed by atoms with Gasteiger partial charge in [0, 0.05) is 28.9 Å². The van der Waals surface area contributed by atoms with Crippen molar-refractivity contribution in [2.75, 3.05) is 11.4 Å². The highest BCUT2D eigenvalue weighted by Crippen LogP contribution is 2.35.